The maximum absolute atomic E-state index is 11.8. The van der Waals surface area contributed by atoms with Gasteiger partial charge in [-0.2, -0.15) is 0 Å². The lowest BCUT2D eigenvalue weighted by Gasteiger charge is -2.08. The van der Waals surface area contributed by atoms with E-state index >= 15 is 0 Å². The third-order valence-electron chi connectivity index (χ3n) is 2.55. The number of benzene rings is 1. The third kappa shape index (κ3) is 3.27. The van der Waals surface area contributed by atoms with Crippen LogP contribution in [0.3, 0.4) is 0 Å². The maximum atomic E-state index is 11.8. The van der Waals surface area contributed by atoms with Crippen LogP contribution in [0.25, 0.3) is 0 Å². The number of aliphatic carboxylic acids is 1. The number of carbonyl (C=O) groups is 2. The van der Waals surface area contributed by atoms with E-state index in [0.29, 0.717) is 15.9 Å². The number of thioether (sulfide) groups is 1. The average molecular weight is 299 g/mol. The Morgan fingerprint density at radius 1 is 1.47 bits per heavy atom. The molecule has 1 aromatic carbocycles. The first-order valence-electron chi connectivity index (χ1n) is 5.47. The second kappa shape index (κ2) is 5.63. The summed E-state index contributed by atoms with van der Waals surface area (Å²) in [6.45, 7) is 0. The summed E-state index contributed by atoms with van der Waals surface area (Å²) in [5.74, 6) is -1.23. The van der Waals surface area contributed by atoms with Gasteiger partial charge < -0.3 is 5.11 Å². The van der Waals surface area contributed by atoms with Gasteiger partial charge in [-0.05, 0) is 24.3 Å². The van der Waals surface area contributed by atoms with E-state index in [1.54, 1.807) is 31.3 Å². The zero-order valence-corrected chi connectivity index (χ0v) is 11.6. The van der Waals surface area contributed by atoms with Gasteiger partial charge in [-0.1, -0.05) is 23.4 Å². The molecule has 1 aromatic rings. The van der Waals surface area contributed by atoms with Gasteiger partial charge >= 0.3 is 5.97 Å². The summed E-state index contributed by atoms with van der Waals surface area (Å²) in [6, 6.07) is 6.88. The zero-order chi connectivity index (χ0) is 14.0. The SMILES string of the molecule is CN1C(=O)[C@H](CC(=O)O)SC1=Nc1ccc(Cl)cc1. The summed E-state index contributed by atoms with van der Waals surface area (Å²) in [5.41, 5.74) is 0.669. The monoisotopic (exact) mass is 298 g/mol. The Hall–Kier alpha value is -1.53. The standard InChI is InChI=1S/C12H11ClN2O3S/c1-15-11(18)9(6-10(16)17)19-12(15)14-8-4-2-7(13)3-5-8/h2-5,9H,6H2,1H3,(H,16,17)/t9-/m0/s1. The number of nitrogens with zero attached hydrogens (tertiary/aromatic N) is 2. The van der Waals surface area contributed by atoms with Crippen molar-refractivity contribution in [2.75, 3.05) is 7.05 Å². The maximum Gasteiger partial charge on any atom is 0.305 e. The molecule has 1 aliphatic rings. The van der Waals surface area contributed by atoms with Crippen molar-refractivity contribution in [1.29, 1.82) is 0 Å². The van der Waals surface area contributed by atoms with Crippen LogP contribution in [-0.2, 0) is 9.59 Å². The predicted molar refractivity (Wildman–Crippen MR) is 74.9 cm³/mol. The van der Waals surface area contributed by atoms with Gasteiger partial charge in [0.05, 0.1) is 12.1 Å². The molecule has 0 aromatic heterocycles. The number of carbonyl (C=O) groups excluding carboxylic acids is 1. The largest absolute Gasteiger partial charge is 0.481 e. The average Bonchev–Trinajstić information content (AvgIpc) is 2.60. The van der Waals surface area contributed by atoms with Crippen molar-refractivity contribution in [3.8, 4) is 0 Å². The molecule has 1 atom stereocenters. The number of hydrogen-bond acceptors (Lipinski definition) is 4. The van der Waals surface area contributed by atoms with E-state index in [1.807, 2.05) is 0 Å². The molecule has 0 radical (unpaired) electrons. The molecule has 0 saturated carbocycles. The van der Waals surface area contributed by atoms with E-state index in [1.165, 1.54) is 16.7 Å². The molecular weight excluding hydrogens is 288 g/mol. The summed E-state index contributed by atoms with van der Waals surface area (Å²) in [6.07, 6.45) is -0.201. The summed E-state index contributed by atoms with van der Waals surface area (Å²) in [4.78, 5) is 28.2. The van der Waals surface area contributed by atoms with Crippen LogP contribution in [0.2, 0.25) is 5.02 Å². The molecule has 0 unspecified atom stereocenters. The zero-order valence-electron chi connectivity index (χ0n) is 10.0. The van der Waals surface area contributed by atoms with Crippen LogP contribution in [0.15, 0.2) is 29.3 Å². The van der Waals surface area contributed by atoms with E-state index in [2.05, 4.69) is 4.99 Å². The molecule has 1 amide bonds. The van der Waals surface area contributed by atoms with Crippen molar-refractivity contribution >= 4 is 46.1 Å². The Morgan fingerprint density at radius 3 is 2.68 bits per heavy atom. The fourth-order valence-corrected chi connectivity index (χ4v) is 2.85. The van der Waals surface area contributed by atoms with E-state index in [-0.39, 0.29) is 12.3 Å². The van der Waals surface area contributed by atoms with Gasteiger partial charge in [0, 0.05) is 12.1 Å². The van der Waals surface area contributed by atoms with E-state index in [0.717, 1.165) is 0 Å². The molecule has 1 heterocycles. The Kier molecular flexibility index (Phi) is 4.11. The van der Waals surface area contributed by atoms with Crippen molar-refractivity contribution in [3.05, 3.63) is 29.3 Å². The fraction of sp³-hybridized carbons (Fsp3) is 0.250. The van der Waals surface area contributed by atoms with Gasteiger partial charge in [-0.3, -0.25) is 14.5 Å². The highest BCUT2D eigenvalue weighted by molar-refractivity contribution is 8.15. The van der Waals surface area contributed by atoms with Crippen molar-refractivity contribution < 1.29 is 14.7 Å². The second-order valence-corrected chi connectivity index (χ2v) is 5.58. The lowest BCUT2D eigenvalue weighted by molar-refractivity contribution is -0.139. The number of carboxylic acids is 1. The lowest BCUT2D eigenvalue weighted by Crippen LogP contribution is -2.28. The fourth-order valence-electron chi connectivity index (χ4n) is 1.58. The molecule has 1 aliphatic heterocycles. The lowest BCUT2D eigenvalue weighted by atomic mass is 10.3. The molecule has 2 rings (SSSR count). The molecule has 0 bridgehead atoms. The summed E-state index contributed by atoms with van der Waals surface area (Å²) < 4.78 is 0. The highest BCUT2D eigenvalue weighted by Gasteiger charge is 2.36. The summed E-state index contributed by atoms with van der Waals surface area (Å²) in [5, 5.41) is 9.25. The third-order valence-corrected chi connectivity index (χ3v) is 4.03. The summed E-state index contributed by atoms with van der Waals surface area (Å²) >= 11 is 6.94. The Bertz CT molecular complexity index is 544. The molecule has 0 spiro atoms. The first-order chi connectivity index (χ1) is 8.97. The molecule has 0 aliphatic carbocycles. The number of hydrogen-bond donors (Lipinski definition) is 1. The van der Waals surface area contributed by atoms with Gasteiger partial charge in [0.2, 0.25) is 5.91 Å². The van der Waals surface area contributed by atoms with Gasteiger partial charge in [-0.15, -0.1) is 0 Å². The highest BCUT2D eigenvalue weighted by atomic mass is 35.5. The molecule has 1 saturated heterocycles. The minimum atomic E-state index is -0.994. The van der Waals surface area contributed by atoms with Crippen molar-refractivity contribution in [2.24, 2.45) is 4.99 Å². The van der Waals surface area contributed by atoms with Gasteiger partial charge in [0.1, 0.15) is 5.25 Å². The van der Waals surface area contributed by atoms with E-state index in [9.17, 15) is 9.59 Å². The topological polar surface area (TPSA) is 70.0 Å². The smallest absolute Gasteiger partial charge is 0.305 e. The van der Waals surface area contributed by atoms with Crippen LogP contribution < -0.4 is 0 Å². The molecule has 19 heavy (non-hydrogen) atoms. The number of amidine groups is 1. The minimum Gasteiger partial charge on any atom is -0.481 e. The molecule has 100 valence electrons. The van der Waals surface area contributed by atoms with Crippen LogP contribution in [0.1, 0.15) is 6.42 Å². The van der Waals surface area contributed by atoms with Crippen LogP contribution in [0.4, 0.5) is 5.69 Å². The Balaban J connectivity index is 2.19. The number of halogens is 1. The molecule has 5 nitrogen and oxygen atoms in total. The highest BCUT2D eigenvalue weighted by Crippen LogP contribution is 2.30. The quantitative estimate of drug-likeness (QED) is 0.930. The molecule has 1 fully saturated rings. The molecule has 1 N–H and O–H groups in total. The normalized spacial score (nSPS) is 21.2. The predicted octanol–water partition coefficient (Wildman–Crippen LogP) is 2.38. The molecule has 7 heteroatoms. The number of aliphatic imine (C=N–C) groups is 1. The first kappa shape index (κ1) is 13.9. The first-order valence-corrected chi connectivity index (χ1v) is 6.73. The number of carboxylic acid groups (broad SMARTS) is 1. The number of amides is 1. The van der Waals surface area contributed by atoms with Crippen LogP contribution >= 0.6 is 23.4 Å². The van der Waals surface area contributed by atoms with Crippen molar-refractivity contribution in [1.82, 2.24) is 4.90 Å². The number of rotatable bonds is 3. The summed E-state index contributed by atoms with van der Waals surface area (Å²) in [7, 11) is 1.59. The van der Waals surface area contributed by atoms with Crippen molar-refractivity contribution in [2.45, 2.75) is 11.7 Å². The van der Waals surface area contributed by atoms with Crippen LogP contribution in [0.5, 0.6) is 0 Å². The van der Waals surface area contributed by atoms with E-state index < -0.39 is 11.2 Å². The second-order valence-electron chi connectivity index (χ2n) is 3.97. The van der Waals surface area contributed by atoms with Crippen LogP contribution in [0, 0.1) is 0 Å². The van der Waals surface area contributed by atoms with Crippen molar-refractivity contribution in [3.63, 3.8) is 0 Å². The molecular formula is C12H11ClN2O3S. The minimum absolute atomic E-state index is 0.201. The van der Waals surface area contributed by atoms with Gasteiger partial charge in [0.15, 0.2) is 5.17 Å². The van der Waals surface area contributed by atoms with Crippen LogP contribution in [-0.4, -0.2) is 39.3 Å². The van der Waals surface area contributed by atoms with Gasteiger partial charge in [0.25, 0.3) is 0 Å². The Morgan fingerprint density at radius 2 is 2.11 bits per heavy atom. The van der Waals surface area contributed by atoms with Gasteiger partial charge in [-0.25, -0.2) is 4.99 Å². The Labute approximate surface area is 119 Å². The van der Waals surface area contributed by atoms with E-state index in [4.69, 9.17) is 16.7 Å².